The van der Waals surface area contributed by atoms with E-state index in [0.717, 1.165) is 69.4 Å². The van der Waals surface area contributed by atoms with Gasteiger partial charge in [-0.15, -0.1) is 0 Å². The molecule has 184 valence electrons. The molecule has 0 bridgehead atoms. The lowest BCUT2D eigenvalue weighted by atomic mass is 10.1. The van der Waals surface area contributed by atoms with Crippen LogP contribution in [0.2, 0.25) is 0 Å². The van der Waals surface area contributed by atoms with E-state index in [4.69, 9.17) is 0 Å². The fraction of sp³-hybridized carbons (Fsp3) is 0.600. The van der Waals surface area contributed by atoms with E-state index >= 15 is 0 Å². The number of piperidine rings is 2. The number of likely N-dealkylation sites (tertiary alicyclic amines) is 1. The third kappa shape index (κ3) is 5.18. The molecule has 9 heteroatoms. The van der Waals surface area contributed by atoms with Gasteiger partial charge in [0.2, 0.25) is 17.7 Å². The highest BCUT2D eigenvalue weighted by Gasteiger charge is 2.31. The van der Waals surface area contributed by atoms with E-state index in [0.29, 0.717) is 24.3 Å². The molecule has 2 aliphatic rings. The van der Waals surface area contributed by atoms with Crippen LogP contribution in [0.4, 0.5) is 5.69 Å². The Kier molecular flexibility index (Phi) is 7.70. The van der Waals surface area contributed by atoms with E-state index in [1.54, 1.807) is 11.6 Å². The second-order valence-electron chi connectivity index (χ2n) is 9.38. The average Bonchev–Trinajstić information content (AvgIpc) is 3.09. The molecule has 3 amide bonds. The number of rotatable bonds is 9. The number of amides is 3. The van der Waals surface area contributed by atoms with Crippen molar-refractivity contribution in [3.8, 4) is 0 Å². The standard InChI is InChI=1S/C25H35N5O4/c1-28-23-18(26-15-6-3-2-5-12-22(32)29-16-7-4-8-17-29)10-9-11-19(23)30(25(28)34)20-13-14-21(31)27-24(20)33/h9-11,20,26H,2-8,12-17H2,1H3,(H,27,31,33). The number of fused-ring (bicyclic) bond motifs is 1. The predicted molar refractivity (Wildman–Crippen MR) is 131 cm³/mol. The van der Waals surface area contributed by atoms with Gasteiger partial charge < -0.3 is 10.2 Å². The van der Waals surface area contributed by atoms with Crippen LogP contribution in [-0.4, -0.2) is 51.4 Å². The van der Waals surface area contributed by atoms with Crippen molar-refractivity contribution in [2.24, 2.45) is 7.05 Å². The number of para-hydroxylation sites is 1. The number of nitrogens with one attached hydrogen (secondary N) is 2. The maximum absolute atomic E-state index is 13.0. The number of carbonyl (C=O) groups excluding carboxylic acids is 3. The molecule has 34 heavy (non-hydrogen) atoms. The Balaban J connectivity index is 1.31. The maximum Gasteiger partial charge on any atom is 0.329 e. The molecular formula is C25H35N5O4. The molecule has 2 aromatic rings. The topological polar surface area (TPSA) is 105 Å². The zero-order valence-corrected chi connectivity index (χ0v) is 20.0. The van der Waals surface area contributed by atoms with Crippen LogP contribution in [0.3, 0.4) is 0 Å². The number of carbonyl (C=O) groups is 3. The first-order valence-electron chi connectivity index (χ1n) is 12.5. The Morgan fingerprint density at radius 3 is 2.59 bits per heavy atom. The van der Waals surface area contributed by atoms with E-state index < -0.39 is 11.9 Å². The van der Waals surface area contributed by atoms with Gasteiger partial charge in [0.05, 0.1) is 16.7 Å². The molecule has 2 N–H and O–H groups in total. The van der Waals surface area contributed by atoms with Gasteiger partial charge in [-0.05, 0) is 50.7 Å². The zero-order valence-electron chi connectivity index (χ0n) is 20.0. The van der Waals surface area contributed by atoms with Gasteiger partial charge in [-0.1, -0.05) is 18.9 Å². The smallest absolute Gasteiger partial charge is 0.329 e. The summed E-state index contributed by atoms with van der Waals surface area (Å²) in [4.78, 5) is 51.2. The lowest BCUT2D eigenvalue weighted by molar-refractivity contribution is -0.136. The molecule has 4 rings (SSSR count). The molecule has 3 heterocycles. The van der Waals surface area contributed by atoms with Gasteiger partial charge in [-0.3, -0.25) is 28.8 Å². The van der Waals surface area contributed by atoms with Crippen molar-refractivity contribution >= 4 is 34.4 Å². The highest BCUT2D eigenvalue weighted by molar-refractivity contribution is 6.00. The molecule has 0 radical (unpaired) electrons. The lowest BCUT2D eigenvalue weighted by Crippen LogP contribution is -2.44. The van der Waals surface area contributed by atoms with E-state index in [-0.39, 0.29) is 18.0 Å². The molecule has 1 atom stereocenters. The van der Waals surface area contributed by atoms with Crippen LogP contribution in [-0.2, 0) is 21.4 Å². The second-order valence-corrected chi connectivity index (χ2v) is 9.38. The minimum absolute atomic E-state index is 0.223. The van der Waals surface area contributed by atoms with Crippen LogP contribution in [0.15, 0.2) is 23.0 Å². The number of hydrogen-bond donors (Lipinski definition) is 2. The molecule has 0 aliphatic carbocycles. The first-order valence-corrected chi connectivity index (χ1v) is 12.5. The molecule has 9 nitrogen and oxygen atoms in total. The second kappa shape index (κ2) is 10.9. The summed E-state index contributed by atoms with van der Waals surface area (Å²) >= 11 is 0. The fourth-order valence-electron chi connectivity index (χ4n) is 5.09. The van der Waals surface area contributed by atoms with Crippen LogP contribution in [0.25, 0.3) is 11.0 Å². The third-order valence-corrected chi connectivity index (χ3v) is 6.97. The first-order chi connectivity index (χ1) is 16.5. The average molecular weight is 470 g/mol. The molecular weight excluding hydrogens is 434 g/mol. The summed E-state index contributed by atoms with van der Waals surface area (Å²) in [7, 11) is 1.71. The Morgan fingerprint density at radius 2 is 1.82 bits per heavy atom. The van der Waals surface area contributed by atoms with Crippen molar-refractivity contribution < 1.29 is 14.4 Å². The van der Waals surface area contributed by atoms with Crippen molar-refractivity contribution in [3.05, 3.63) is 28.7 Å². The van der Waals surface area contributed by atoms with Crippen LogP contribution in [0.1, 0.15) is 70.3 Å². The van der Waals surface area contributed by atoms with E-state index in [1.807, 2.05) is 23.1 Å². The van der Waals surface area contributed by atoms with Crippen LogP contribution in [0, 0.1) is 0 Å². The summed E-state index contributed by atoms with van der Waals surface area (Å²) in [5, 5.41) is 5.78. The number of imidazole rings is 1. The van der Waals surface area contributed by atoms with Gasteiger partial charge in [-0.25, -0.2) is 4.79 Å². The van der Waals surface area contributed by atoms with Crippen molar-refractivity contribution in [2.75, 3.05) is 25.0 Å². The molecule has 2 saturated heterocycles. The normalized spacial score (nSPS) is 18.9. The number of benzene rings is 1. The van der Waals surface area contributed by atoms with Gasteiger partial charge in [0.15, 0.2) is 0 Å². The highest BCUT2D eigenvalue weighted by atomic mass is 16.2. The van der Waals surface area contributed by atoms with Crippen molar-refractivity contribution in [1.29, 1.82) is 0 Å². The van der Waals surface area contributed by atoms with E-state index in [9.17, 15) is 19.2 Å². The van der Waals surface area contributed by atoms with Gasteiger partial charge in [0.25, 0.3) is 0 Å². The number of hydrogen-bond acceptors (Lipinski definition) is 5. The van der Waals surface area contributed by atoms with Crippen molar-refractivity contribution in [1.82, 2.24) is 19.4 Å². The number of aromatic nitrogens is 2. The van der Waals surface area contributed by atoms with E-state index in [2.05, 4.69) is 10.6 Å². The SMILES string of the molecule is Cn1c(=O)n(C2CCC(=O)NC2=O)c2cccc(NCCCCCCC(=O)N3CCCCC3)c21. The predicted octanol–water partition coefficient (Wildman–Crippen LogP) is 2.69. The monoisotopic (exact) mass is 469 g/mol. The minimum atomic E-state index is -0.684. The summed E-state index contributed by atoms with van der Waals surface area (Å²) in [6, 6.07) is 4.97. The Morgan fingerprint density at radius 1 is 1.06 bits per heavy atom. The van der Waals surface area contributed by atoms with Gasteiger partial charge >= 0.3 is 5.69 Å². The molecule has 0 saturated carbocycles. The van der Waals surface area contributed by atoms with Crippen LogP contribution < -0.4 is 16.3 Å². The third-order valence-electron chi connectivity index (χ3n) is 6.97. The molecule has 1 aromatic carbocycles. The Labute approximate surface area is 199 Å². The van der Waals surface area contributed by atoms with E-state index in [1.165, 1.54) is 11.0 Å². The Bertz CT molecular complexity index is 1110. The number of imide groups is 1. The Hall–Kier alpha value is -3.10. The summed E-state index contributed by atoms with van der Waals surface area (Å²) in [5.74, 6) is -0.429. The van der Waals surface area contributed by atoms with Crippen molar-refractivity contribution in [2.45, 2.75) is 70.3 Å². The zero-order chi connectivity index (χ0) is 24.1. The molecule has 2 aliphatic heterocycles. The van der Waals surface area contributed by atoms with Gasteiger partial charge in [-0.2, -0.15) is 0 Å². The quantitative estimate of drug-likeness (QED) is 0.434. The summed E-state index contributed by atoms with van der Waals surface area (Å²) < 4.78 is 3.06. The number of unbranched alkanes of at least 4 members (excludes halogenated alkanes) is 3. The maximum atomic E-state index is 13.0. The first kappa shape index (κ1) is 24.0. The molecule has 1 unspecified atom stereocenters. The number of nitrogens with zero attached hydrogens (tertiary/aromatic N) is 3. The fourth-order valence-corrected chi connectivity index (χ4v) is 5.09. The number of anilines is 1. The molecule has 1 aromatic heterocycles. The minimum Gasteiger partial charge on any atom is -0.383 e. The largest absolute Gasteiger partial charge is 0.383 e. The molecule has 0 spiro atoms. The van der Waals surface area contributed by atoms with Gasteiger partial charge in [0.1, 0.15) is 6.04 Å². The molecule has 2 fully saturated rings. The summed E-state index contributed by atoms with van der Waals surface area (Å²) in [6.07, 6.45) is 8.64. The summed E-state index contributed by atoms with van der Waals surface area (Å²) in [6.45, 7) is 2.60. The highest BCUT2D eigenvalue weighted by Crippen LogP contribution is 2.27. The number of aryl methyl sites for hydroxylation is 1. The van der Waals surface area contributed by atoms with Crippen LogP contribution >= 0.6 is 0 Å². The van der Waals surface area contributed by atoms with Gasteiger partial charge in [0, 0.05) is 39.5 Å². The summed E-state index contributed by atoms with van der Waals surface area (Å²) in [5.41, 5.74) is 2.02. The van der Waals surface area contributed by atoms with Crippen molar-refractivity contribution in [3.63, 3.8) is 0 Å². The van der Waals surface area contributed by atoms with Crippen LogP contribution in [0.5, 0.6) is 0 Å². The lowest BCUT2D eigenvalue weighted by Gasteiger charge is -2.26.